The molecular weight excluding hydrogens is 222 g/mol. The summed E-state index contributed by atoms with van der Waals surface area (Å²) in [6.07, 6.45) is 5.30. The quantitative estimate of drug-likeness (QED) is 0.556. The molecule has 0 N–H and O–H groups in total. The fourth-order valence-electron chi connectivity index (χ4n) is 1.59. The van der Waals surface area contributed by atoms with Crippen molar-refractivity contribution >= 4 is 5.69 Å². The SMILES string of the molecule is [C-]#[N+]c1cc(C#C)ccc1Oc1cccc(C)c1. The Hall–Kier alpha value is -2.71. The predicted octanol–water partition coefficient (Wildman–Crippen LogP) is 4.32. The molecule has 0 radical (unpaired) electrons. The molecule has 0 spiro atoms. The van der Waals surface area contributed by atoms with Crippen LogP contribution in [0.5, 0.6) is 11.5 Å². The second-order valence-corrected chi connectivity index (χ2v) is 3.86. The van der Waals surface area contributed by atoms with Gasteiger partial charge in [-0.1, -0.05) is 18.1 Å². The third kappa shape index (κ3) is 2.51. The van der Waals surface area contributed by atoms with Crippen LogP contribution in [0, 0.1) is 25.8 Å². The minimum atomic E-state index is 0.423. The number of hydrogen-bond donors (Lipinski definition) is 0. The molecular formula is C16H11NO. The Morgan fingerprint density at radius 3 is 2.72 bits per heavy atom. The van der Waals surface area contributed by atoms with Crippen LogP contribution in [0.1, 0.15) is 11.1 Å². The maximum absolute atomic E-state index is 7.14. The van der Waals surface area contributed by atoms with Gasteiger partial charge in [-0.25, -0.2) is 4.85 Å². The smallest absolute Gasteiger partial charge is 0.229 e. The van der Waals surface area contributed by atoms with Gasteiger partial charge in [-0.3, -0.25) is 0 Å². The number of benzene rings is 2. The summed E-state index contributed by atoms with van der Waals surface area (Å²) in [5.41, 5.74) is 2.21. The van der Waals surface area contributed by atoms with Gasteiger partial charge in [0.05, 0.1) is 6.57 Å². The lowest BCUT2D eigenvalue weighted by Crippen LogP contribution is -1.86. The predicted molar refractivity (Wildman–Crippen MR) is 71.9 cm³/mol. The highest BCUT2D eigenvalue weighted by Gasteiger charge is 2.05. The minimum Gasteiger partial charge on any atom is -0.468 e. The minimum absolute atomic E-state index is 0.423. The van der Waals surface area contributed by atoms with E-state index in [2.05, 4.69) is 10.8 Å². The van der Waals surface area contributed by atoms with Crippen LogP contribution in [0.2, 0.25) is 0 Å². The van der Waals surface area contributed by atoms with Crippen molar-refractivity contribution in [2.24, 2.45) is 0 Å². The number of ether oxygens (including phenoxy) is 1. The average Bonchev–Trinajstić information content (AvgIpc) is 2.39. The molecule has 0 atom stereocenters. The first-order valence-corrected chi connectivity index (χ1v) is 5.45. The van der Waals surface area contributed by atoms with Crippen LogP contribution >= 0.6 is 0 Å². The fourth-order valence-corrected chi connectivity index (χ4v) is 1.59. The zero-order valence-electron chi connectivity index (χ0n) is 9.97. The molecule has 0 heterocycles. The molecule has 0 aliphatic heterocycles. The van der Waals surface area contributed by atoms with Crippen LogP contribution in [0.15, 0.2) is 42.5 Å². The van der Waals surface area contributed by atoms with Crippen molar-refractivity contribution in [1.29, 1.82) is 0 Å². The molecule has 0 unspecified atom stereocenters. The van der Waals surface area contributed by atoms with Gasteiger partial charge in [0.15, 0.2) is 0 Å². The summed E-state index contributed by atoms with van der Waals surface area (Å²) in [5, 5.41) is 0. The second-order valence-electron chi connectivity index (χ2n) is 3.86. The zero-order valence-corrected chi connectivity index (χ0v) is 9.97. The molecule has 2 rings (SSSR count). The van der Waals surface area contributed by atoms with Crippen LogP contribution in [0.25, 0.3) is 4.85 Å². The fraction of sp³-hybridized carbons (Fsp3) is 0.0625. The Morgan fingerprint density at radius 2 is 2.06 bits per heavy atom. The van der Waals surface area contributed by atoms with Gasteiger partial charge in [0.25, 0.3) is 0 Å². The number of hydrogen-bond acceptors (Lipinski definition) is 1. The topological polar surface area (TPSA) is 13.6 Å². The van der Waals surface area contributed by atoms with Crippen LogP contribution in [-0.4, -0.2) is 0 Å². The van der Waals surface area contributed by atoms with E-state index < -0.39 is 0 Å². The van der Waals surface area contributed by atoms with Crippen LogP contribution in [0.4, 0.5) is 5.69 Å². The molecule has 2 aromatic carbocycles. The van der Waals surface area contributed by atoms with Crippen molar-refractivity contribution in [3.63, 3.8) is 0 Å². The Labute approximate surface area is 107 Å². The molecule has 0 saturated carbocycles. The third-order valence-electron chi connectivity index (χ3n) is 2.46. The number of nitrogens with zero attached hydrogens (tertiary/aromatic N) is 1. The normalized spacial score (nSPS) is 9.28. The van der Waals surface area contributed by atoms with E-state index in [1.165, 1.54) is 0 Å². The van der Waals surface area contributed by atoms with E-state index in [9.17, 15) is 0 Å². The summed E-state index contributed by atoms with van der Waals surface area (Å²) in [6.45, 7) is 9.13. The molecule has 0 amide bonds. The standard InChI is InChI=1S/C16H11NO/c1-4-13-8-9-16(15(11-13)17-3)18-14-7-5-6-12(2)10-14/h1,5-11H,2H3. The summed E-state index contributed by atoms with van der Waals surface area (Å²) < 4.78 is 5.70. The monoisotopic (exact) mass is 233 g/mol. The Morgan fingerprint density at radius 1 is 1.22 bits per heavy atom. The van der Waals surface area contributed by atoms with Crippen molar-refractivity contribution in [1.82, 2.24) is 0 Å². The highest BCUT2D eigenvalue weighted by molar-refractivity contribution is 5.62. The highest BCUT2D eigenvalue weighted by atomic mass is 16.5. The van der Waals surface area contributed by atoms with E-state index >= 15 is 0 Å². The maximum Gasteiger partial charge on any atom is 0.229 e. The van der Waals surface area contributed by atoms with Crippen molar-refractivity contribution in [2.75, 3.05) is 0 Å². The van der Waals surface area contributed by atoms with E-state index in [1.807, 2.05) is 31.2 Å². The summed E-state index contributed by atoms with van der Waals surface area (Å²) in [7, 11) is 0. The Bertz CT molecular complexity index is 660. The van der Waals surface area contributed by atoms with Gasteiger partial charge in [-0.2, -0.15) is 0 Å². The molecule has 2 heteroatoms. The van der Waals surface area contributed by atoms with Gasteiger partial charge < -0.3 is 4.74 Å². The first-order chi connectivity index (χ1) is 8.72. The first kappa shape index (κ1) is 11.8. The Kier molecular flexibility index (Phi) is 3.32. The van der Waals surface area contributed by atoms with Crippen LogP contribution in [-0.2, 0) is 0 Å². The van der Waals surface area contributed by atoms with Gasteiger partial charge in [-0.15, -0.1) is 6.42 Å². The molecule has 0 saturated heterocycles. The van der Waals surface area contributed by atoms with Gasteiger partial charge in [-0.05, 0) is 42.8 Å². The highest BCUT2D eigenvalue weighted by Crippen LogP contribution is 2.32. The Balaban J connectivity index is 2.36. The lowest BCUT2D eigenvalue weighted by molar-refractivity contribution is 0.485. The zero-order chi connectivity index (χ0) is 13.0. The first-order valence-electron chi connectivity index (χ1n) is 5.45. The molecule has 2 nitrogen and oxygen atoms in total. The van der Waals surface area contributed by atoms with E-state index in [0.29, 0.717) is 22.7 Å². The maximum atomic E-state index is 7.14. The van der Waals surface area contributed by atoms with Gasteiger partial charge in [0.2, 0.25) is 5.69 Å². The number of aryl methyl sites for hydroxylation is 1. The molecule has 0 fully saturated rings. The molecule has 86 valence electrons. The van der Waals surface area contributed by atoms with E-state index in [-0.39, 0.29) is 0 Å². The molecule has 0 bridgehead atoms. The summed E-state index contributed by atoms with van der Waals surface area (Å²) >= 11 is 0. The lowest BCUT2D eigenvalue weighted by Gasteiger charge is -2.08. The van der Waals surface area contributed by atoms with E-state index in [1.54, 1.807) is 18.2 Å². The molecule has 18 heavy (non-hydrogen) atoms. The molecule has 2 aromatic rings. The lowest BCUT2D eigenvalue weighted by atomic mass is 10.2. The van der Waals surface area contributed by atoms with Gasteiger partial charge in [0.1, 0.15) is 11.5 Å². The van der Waals surface area contributed by atoms with Crippen molar-refractivity contribution < 1.29 is 4.74 Å². The molecule has 0 aromatic heterocycles. The van der Waals surface area contributed by atoms with E-state index in [4.69, 9.17) is 17.7 Å². The average molecular weight is 233 g/mol. The van der Waals surface area contributed by atoms with Crippen molar-refractivity contribution in [3.05, 3.63) is 65.0 Å². The van der Waals surface area contributed by atoms with Crippen LogP contribution in [0.3, 0.4) is 0 Å². The summed E-state index contributed by atoms with van der Waals surface area (Å²) in [6, 6.07) is 12.8. The van der Waals surface area contributed by atoms with E-state index in [0.717, 1.165) is 5.56 Å². The third-order valence-corrected chi connectivity index (χ3v) is 2.46. The molecule has 0 aliphatic carbocycles. The van der Waals surface area contributed by atoms with Crippen molar-refractivity contribution in [3.8, 4) is 23.8 Å². The van der Waals surface area contributed by atoms with Gasteiger partial charge in [0, 0.05) is 5.56 Å². The van der Waals surface area contributed by atoms with Crippen molar-refractivity contribution in [2.45, 2.75) is 6.92 Å². The largest absolute Gasteiger partial charge is 0.468 e. The number of terminal acetylenes is 1. The second kappa shape index (κ2) is 5.08. The molecule has 0 aliphatic rings. The van der Waals surface area contributed by atoms with Crippen LogP contribution < -0.4 is 4.74 Å². The number of rotatable bonds is 2. The van der Waals surface area contributed by atoms with Gasteiger partial charge >= 0.3 is 0 Å². The summed E-state index contributed by atoms with van der Waals surface area (Å²) in [4.78, 5) is 3.43. The summed E-state index contributed by atoms with van der Waals surface area (Å²) in [5.74, 6) is 3.74.